The fraction of sp³-hybridized carbons (Fsp3) is 0.238. The third kappa shape index (κ3) is 5.58. The van der Waals surface area contributed by atoms with Crippen molar-refractivity contribution in [2.45, 2.75) is 31.1 Å². The van der Waals surface area contributed by atoms with Crippen LogP contribution < -0.4 is 11.1 Å². The van der Waals surface area contributed by atoms with E-state index in [0.717, 1.165) is 46.0 Å². The molecule has 0 aliphatic heterocycles. The first-order valence-electron chi connectivity index (χ1n) is 8.93. The highest BCUT2D eigenvalue weighted by molar-refractivity contribution is 7.90. The quantitative estimate of drug-likeness (QED) is 0.455. The van der Waals surface area contributed by atoms with Gasteiger partial charge in [-0.1, -0.05) is 24.3 Å². The van der Waals surface area contributed by atoms with Crippen LogP contribution in [0.3, 0.4) is 0 Å². The average Bonchev–Trinajstić information content (AvgIpc) is 3.02. The van der Waals surface area contributed by atoms with Gasteiger partial charge in [0, 0.05) is 23.9 Å². The molecule has 1 unspecified atom stereocenters. The Bertz CT molecular complexity index is 935. The van der Waals surface area contributed by atoms with Crippen LogP contribution in [-0.2, 0) is 35.2 Å². The molecule has 0 saturated heterocycles. The summed E-state index contributed by atoms with van der Waals surface area (Å²) in [6.45, 7) is 1.48. The van der Waals surface area contributed by atoms with Gasteiger partial charge in [-0.25, -0.2) is 4.98 Å². The number of amides is 1. The van der Waals surface area contributed by atoms with Crippen LogP contribution in [0.15, 0.2) is 53.4 Å². The van der Waals surface area contributed by atoms with Crippen molar-refractivity contribution in [3.8, 4) is 0 Å². The fourth-order valence-electron chi connectivity index (χ4n) is 2.85. The number of benzene rings is 2. The van der Waals surface area contributed by atoms with Gasteiger partial charge in [-0.05, 0) is 59.4 Å². The summed E-state index contributed by atoms with van der Waals surface area (Å²) >= 11 is 0.525. The highest BCUT2D eigenvalue weighted by Crippen LogP contribution is 2.27. The first-order valence-corrected chi connectivity index (χ1v) is 11.3. The molecule has 3 N–H and O–H groups in total. The summed E-state index contributed by atoms with van der Waals surface area (Å²) in [7, 11) is 0. The van der Waals surface area contributed by atoms with E-state index in [1.165, 1.54) is 23.8 Å². The largest absolute Gasteiger partial charge is 0.612 e. The predicted octanol–water partition coefficient (Wildman–Crippen LogP) is 3.80. The Morgan fingerprint density at radius 3 is 2.36 bits per heavy atom. The molecule has 1 atom stereocenters. The number of nitrogens with zero attached hydrogens (tertiary/aromatic N) is 1. The van der Waals surface area contributed by atoms with Gasteiger partial charge < -0.3 is 15.6 Å². The van der Waals surface area contributed by atoms with E-state index in [1.807, 2.05) is 48.5 Å². The standard InChI is InChI=1S/C21H23N3O2S2/c1-14(25)23-21-24-19(12-7-15-3-8-17(22)9-4-15)20(27-21)13-16-5-10-18(11-6-16)28(2)26/h3-6,8-11H,7,12-13,22H2,1-2H3,(H,23,24,25). The molecule has 146 valence electrons. The summed E-state index contributed by atoms with van der Waals surface area (Å²) in [5.41, 5.74) is 9.82. The Balaban J connectivity index is 1.78. The van der Waals surface area contributed by atoms with Crippen LogP contribution in [0.2, 0.25) is 0 Å². The first-order chi connectivity index (χ1) is 13.4. The number of carbonyl (C=O) groups is 1. The van der Waals surface area contributed by atoms with Crippen molar-refractivity contribution in [2.24, 2.45) is 0 Å². The Labute approximate surface area is 172 Å². The van der Waals surface area contributed by atoms with E-state index in [-0.39, 0.29) is 5.91 Å². The summed E-state index contributed by atoms with van der Waals surface area (Å²) in [4.78, 5) is 18.0. The Morgan fingerprint density at radius 1 is 1.11 bits per heavy atom. The van der Waals surface area contributed by atoms with Crippen molar-refractivity contribution in [1.82, 2.24) is 4.98 Å². The van der Waals surface area contributed by atoms with E-state index < -0.39 is 11.2 Å². The van der Waals surface area contributed by atoms with E-state index in [4.69, 9.17) is 5.73 Å². The molecule has 3 rings (SSSR count). The van der Waals surface area contributed by atoms with E-state index in [9.17, 15) is 9.35 Å². The summed E-state index contributed by atoms with van der Waals surface area (Å²) in [6, 6.07) is 15.7. The van der Waals surface area contributed by atoms with Crippen molar-refractivity contribution in [1.29, 1.82) is 0 Å². The number of carbonyl (C=O) groups excluding carboxylic acids is 1. The molecular weight excluding hydrogens is 390 g/mol. The second-order valence-corrected chi connectivity index (χ2v) is 9.05. The van der Waals surface area contributed by atoms with Gasteiger partial charge in [0.25, 0.3) is 0 Å². The predicted molar refractivity (Wildman–Crippen MR) is 116 cm³/mol. The molecule has 0 saturated carbocycles. The average molecular weight is 414 g/mol. The fourth-order valence-corrected chi connectivity index (χ4v) is 4.46. The van der Waals surface area contributed by atoms with Gasteiger partial charge in [-0.2, -0.15) is 0 Å². The second-order valence-electron chi connectivity index (χ2n) is 6.59. The van der Waals surface area contributed by atoms with Crippen molar-refractivity contribution in [3.05, 3.63) is 70.2 Å². The van der Waals surface area contributed by atoms with Crippen LogP contribution in [-0.4, -0.2) is 21.7 Å². The number of hydrogen-bond donors (Lipinski definition) is 2. The molecule has 2 aromatic carbocycles. The number of rotatable bonds is 7. The molecular formula is C21H23N3O2S2. The maximum absolute atomic E-state index is 11.6. The van der Waals surface area contributed by atoms with Gasteiger partial charge in [0.05, 0.1) is 5.69 Å². The Kier molecular flexibility index (Phi) is 6.72. The first kappa shape index (κ1) is 20.4. The minimum absolute atomic E-state index is 0.125. The third-order valence-corrected chi connectivity index (χ3v) is 6.26. The summed E-state index contributed by atoms with van der Waals surface area (Å²) in [5, 5.41) is 3.42. The number of nitrogen functional groups attached to an aromatic ring is 1. The molecule has 0 bridgehead atoms. The zero-order chi connectivity index (χ0) is 20.1. The molecule has 0 radical (unpaired) electrons. The summed E-state index contributed by atoms with van der Waals surface area (Å²) in [6.07, 6.45) is 4.04. The van der Waals surface area contributed by atoms with Crippen LogP contribution in [0.1, 0.15) is 28.6 Å². The van der Waals surface area contributed by atoms with Crippen LogP contribution in [0.5, 0.6) is 0 Å². The highest BCUT2D eigenvalue weighted by Gasteiger charge is 2.14. The molecule has 0 aliphatic carbocycles. The Hall–Kier alpha value is -2.35. The van der Waals surface area contributed by atoms with Gasteiger partial charge in [0.1, 0.15) is 6.26 Å². The van der Waals surface area contributed by atoms with Crippen molar-refractivity contribution >= 4 is 39.2 Å². The van der Waals surface area contributed by atoms with E-state index >= 15 is 0 Å². The maximum Gasteiger partial charge on any atom is 0.223 e. The molecule has 7 heteroatoms. The van der Waals surface area contributed by atoms with Crippen molar-refractivity contribution in [2.75, 3.05) is 17.3 Å². The number of anilines is 2. The SMILES string of the molecule is CC(=O)Nc1nc(CCc2ccc(N)cc2)c(Cc2ccc([S+](C)[O-])cc2)s1. The van der Waals surface area contributed by atoms with Crippen LogP contribution in [0.25, 0.3) is 0 Å². The number of hydrogen-bond acceptors (Lipinski definition) is 5. The van der Waals surface area contributed by atoms with Crippen molar-refractivity contribution in [3.63, 3.8) is 0 Å². The molecule has 0 spiro atoms. The normalized spacial score (nSPS) is 12.0. The molecule has 1 aromatic heterocycles. The highest BCUT2D eigenvalue weighted by atomic mass is 32.2. The molecule has 5 nitrogen and oxygen atoms in total. The minimum Gasteiger partial charge on any atom is -0.612 e. The monoisotopic (exact) mass is 413 g/mol. The molecule has 3 aromatic rings. The molecule has 1 amide bonds. The number of nitrogens with two attached hydrogens (primary N) is 1. The maximum atomic E-state index is 11.6. The van der Waals surface area contributed by atoms with Gasteiger partial charge in [0.15, 0.2) is 10.0 Å². The van der Waals surface area contributed by atoms with Crippen molar-refractivity contribution < 1.29 is 9.35 Å². The van der Waals surface area contributed by atoms with Gasteiger partial charge in [-0.3, -0.25) is 4.79 Å². The van der Waals surface area contributed by atoms with Gasteiger partial charge in [0.2, 0.25) is 5.91 Å². The summed E-state index contributed by atoms with van der Waals surface area (Å²) in [5.74, 6) is -0.125. The van der Waals surface area contributed by atoms with Crippen LogP contribution >= 0.6 is 11.3 Å². The van der Waals surface area contributed by atoms with E-state index in [2.05, 4.69) is 10.3 Å². The Morgan fingerprint density at radius 2 is 1.75 bits per heavy atom. The second kappa shape index (κ2) is 9.23. The lowest BCUT2D eigenvalue weighted by Crippen LogP contribution is -2.05. The smallest absolute Gasteiger partial charge is 0.223 e. The molecule has 1 heterocycles. The third-order valence-electron chi connectivity index (χ3n) is 4.31. The zero-order valence-corrected chi connectivity index (χ0v) is 17.5. The summed E-state index contributed by atoms with van der Waals surface area (Å²) < 4.78 is 11.6. The number of thiazole rings is 1. The lowest BCUT2D eigenvalue weighted by Gasteiger charge is -2.06. The number of aromatic nitrogens is 1. The molecule has 28 heavy (non-hydrogen) atoms. The molecule has 0 aliphatic rings. The number of aryl methyl sites for hydroxylation is 2. The lowest BCUT2D eigenvalue weighted by atomic mass is 10.0. The van der Waals surface area contributed by atoms with E-state index in [1.54, 1.807) is 6.26 Å². The van der Waals surface area contributed by atoms with Gasteiger partial charge in [-0.15, -0.1) is 11.3 Å². The van der Waals surface area contributed by atoms with Crippen LogP contribution in [0, 0.1) is 0 Å². The number of nitrogens with one attached hydrogen (secondary N) is 1. The van der Waals surface area contributed by atoms with Crippen LogP contribution in [0.4, 0.5) is 10.8 Å². The van der Waals surface area contributed by atoms with E-state index in [0.29, 0.717) is 5.13 Å². The minimum atomic E-state index is -0.983. The van der Waals surface area contributed by atoms with Gasteiger partial charge >= 0.3 is 0 Å². The zero-order valence-electron chi connectivity index (χ0n) is 15.9. The lowest BCUT2D eigenvalue weighted by molar-refractivity contribution is -0.114. The molecule has 0 fully saturated rings. The topological polar surface area (TPSA) is 91.1 Å².